The van der Waals surface area contributed by atoms with Gasteiger partial charge in [-0.05, 0) is 110 Å². The third-order valence-corrected chi connectivity index (χ3v) is 12.6. The van der Waals surface area contributed by atoms with Gasteiger partial charge in [-0.15, -0.1) is 11.3 Å². The van der Waals surface area contributed by atoms with E-state index in [1.165, 1.54) is 42.8 Å². The molecule has 4 aliphatic rings. The zero-order valence-corrected chi connectivity index (χ0v) is 31.4. The molecule has 52 heavy (non-hydrogen) atoms. The summed E-state index contributed by atoms with van der Waals surface area (Å²) < 4.78 is 12.3. The van der Waals surface area contributed by atoms with Crippen LogP contribution in [-0.4, -0.2) is 114 Å². The Balaban J connectivity index is 0.979. The maximum atomic E-state index is 11.6. The number of aromatic carboxylic acids is 1. The molecule has 10 nitrogen and oxygen atoms in total. The molecule has 0 radical (unpaired) electrons. The number of anilines is 1. The van der Waals surface area contributed by atoms with E-state index in [1.54, 1.807) is 29.5 Å². The number of piperidine rings is 1. The van der Waals surface area contributed by atoms with Gasteiger partial charge >= 0.3 is 5.97 Å². The van der Waals surface area contributed by atoms with E-state index in [1.807, 2.05) is 41.8 Å². The second-order valence-electron chi connectivity index (χ2n) is 15.8. The summed E-state index contributed by atoms with van der Waals surface area (Å²) in [4.78, 5) is 30.9. The molecule has 1 aliphatic carbocycles. The Labute approximate surface area is 311 Å². The minimum atomic E-state index is -0.920. The van der Waals surface area contributed by atoms with Gasteiger partial charge < -0.3 is 24.5 Å². The van der Waals surface area contributed by atoms with E-state index in [0.717, 1.165) is 94.3 Å². The molecule has 0 saturated carbocycles. The smallest absolute Gasteiger partial charge is 0.335 e. The number of ether oxygens (including phenoxy) is 2. The molecular weight excluding hydrogens is 673 g/mol. The van der Waals surface area contributed by atoms with Gasteiger partial charge in [0.2, 0.25) is 0 Å². The molecule has 3 aromatic heterocycles. The number of morpholine rings is 1. The van der Waals surface area contributed by atoms with Crippen LogP contribution in [-0.2, 0) is 11.3 Å². The monoisotopic (exact) mass is 724 g/mol. The molecule has 3 saturated heterocycles. The summed E-state index contributed by atoms with van der Waals surface area (Å²) in [5.74, 6) is -0.196. The highest BCUT2D eigenvalue weighted by Gasteiger charge is 2.34. The van der Waals surface area contributed by atoms with E-state index in [2.05, 4.69) is 54.9 Å². The van der Waals surface area contributed by atoms with Crippen molar-refractivity contribution in [2.24, 2.45) is 5.41 Å². The Morgan fingerprint density at radius 2 is 1.83 bits per heavy atom. The normalized spacial score (nSPS) is 22.7. The van der Waals surface area contributed by atoms with E-state index < -0.39 is 5.97 Å². The highest BCUT2D eigenvalue weighted by molar-refractivity contribution is 7.11. The topological polar surface area (TPSA) is 97.4 Å². The lowest BCUT2D eigenvalue weighted by molar-refractivity contribution is 0.000239. The minimum Gasteiger partial charge on any atom is -0.478 e. The number of benzene rings is 1. The standard InChI is InChI=1S/C41H52N6O4S/c1-41(2)11-7-32(36(23-41)37-21-29(28-52-37)25-44-13-9-33(10-14-44)46-17-19-50-20-18-46)26-45-15-16-47(34-5-3-30(4-6-34)40(48)49)38(27-45)51-35-22-31-8-12-42-39(31)43-24-35/h3-6,8,12,21-22,24,28,33,38H,7,9-11,13-20,23,25-27H2,1-2H3,(H,42,43)(H,48,49). The van der Waals surface area contributed by atoms with Crippen LogP contribution in [0.4, 0.5) is 5.69 Å². The molecule has 2 N–H and O–H groups in total. The van der Waals surface area contributed by atoms with E-state index in [-0.39, 0.29) is 17.2 Å². The molecule has 0 amide bonds. The molecule has 1 aromatic carbocycles. The van der Waals surface area contributed by atoms with Gasteiger partial charge in [0, 0.05) is 67.5 Å². The number of carbonyl (C=O) groups is 1. The molecule has 4 aromatic rings. The molecule has 0 spiro atoms. The number of H-pyrrole nitrogens is 1. The lowest BCUT2D eigenvalue weighted by atomic mass is 9.73. The maximum absolute atomic E-state index is 11.6. The quantitative estimate of drug-likeness (QED) is 0.183. The number of allylic oxidation sites excluding steroid dienone is 1. The van der Waals surface area contributed by atoms with Crippen LogP contribution < -0.4 is 9.64 Å². The molecule has 1 atom stereocenters. The number of thiophene rings is 1. The van der Waals surface area contributed by atoms with Crippen molar-refractivity contribution < 1.29 is 19.4 Å². The summed E-state index contributed by atoms with van der Waals surface area (Å²) in [5, 5.41) is 12.9. The van der Waals surface area contributed by atoms with Gasteiger partial charge in [0.25, 0.3) is 0 Å². The van der Waals surface area contributed by atoms with Crippen molar-refractivity contribution in [2.45, 2.75) is 64.8 Å². The predicted octanol–water partition coefficient (Wildman–Crippen LogP) is 6.81. The van der Waals surface area contributed by atoms with Crippen molar-refractivity contribution in [3.8, 4) is 5.75 Å². The Kier molecular flexibility index (Phi) is 10.4. The number of aromatic amines is 1. The summed E-state index contributed by atoms with van der Waals surface area (Å²) in [7, 11) is 0. The second kappa shape index (κ2) is 15.3. The van der Waals surface area contributed by atoms with Crippen LogP contribution >= 0.6 is 11.3 Å². The number of nitrogens with one attached hydrogen (secondary N) is 1. The van der Waals surface area contributed by atoms with E-state index >= 15 is 0 Å². The van der Waals surface area contributed by atoms with Crippen LogP contribution in [0.2, 0.25) is 0 Å². The average Bonchev–Trinajstić information content (AvgIpc) is 3.83. The van der Waals surface area contributed by atoms with Crippen molar-refractivity contribution in [2.75, 3.05) is 70.5 Å². The molecule has 0 bridgehead atoms. The van der Waals surface area contributed by atoms with Gasteiger partial charge in [0.05, 0.1) is 31.5 Å². The predicted molar refractivity (Wildman–Crippen MR) is 207 cm³/mol. The fraction of sp³-hybridized carbons (Fsp3) is 0.512. The zero-order chi connectivity index (χ0) is 35.7. The average molecular weight is 725 g/mol. The first kappa shape index (κ1) is 35.3. The Morgan fingerprint density at radius 1 is 1.02 bits per heavy atom. The number of fused-ring (bicyclic) bond motifs is 1. The first-order valence-electron chi connectivity index (χ1n) is 19.0. The summed E-state index contributed by atoms with van der Waals surface area (Å²) in [6, 6.07) is 14.4. The van der Waals surface area contributed by atoms with Gasteiger partial charge in [-0.3, -0.25) is 14.7 Å². The van der Waals surface area contributed by atoms with Crippen LogP contribution in [0.25, 0.3) is 16.6 Å². The summed E-state index contributed by atoms with van der Waals surface area (Å²) in [6.45, 7) is 15.5. The maximum Gasteiger partial charge on any atom is 0.335 e. The number of hydrogen-bond donors (Lipinski definition) is 2. The number of carboxylic acid groups (broad SMARTS) is 1. The summed E-state index contributed by atoms with van der Waals surface area (Å²) >= 11 is 1.93. The third-order valence-electron chi connectivity index (χ3n) is 11.6. The van der Waals surface area contributed by atoms with Gasteiger partial charge in [-0.2, -0.15) is 0 Å². The van der Waals surface area contributed by atoms with Crippen molar-refractivity contribution in [1.29, 1.82) is 0 Å². The SMILES string of the molecule is CC1(C)CCC(CN2CCN(c3ccc(C(=O)O)cc3)C(Oc3cnc4[nH]ccc4c3)C2)=C(c2cc(CN3CCC(N4CCOCC4)CC3)cs2)C1. The van der Waals surface area contributed by atoms with E-state index in [4.69, 9.17) is 9.47 Å². The number of likely N-dealkylation sites (tertiary alicyclic amines) is 1. The van der Waals surface area contributed by atoms with Gasteiger partial charge in [-0.25, -0.2) is 9.78 Å². The number of rotatable bonds is 10. The fourth-order valence-corrected chi connectivity index (χ4v) is 9.58. The Bertz CT molecular complexity index is 1870. The minimum absolute atomic E-state index is 0.257. The largest absolute Gasteiger partial charge is 0.478 e. The number of aromatic nitrogens is 2. The highest BCUT2D eigenvalue weighted by Crippen LogP contribution is 2.45. The molecular formula is C41H52N6O4S. The number of carboxylic acids is 1. The van der Waals surface area contributed by atoms with Crippen molar-refractivity contribution >= 4 is 39.6 Å². The van der Waals surface area contributed by atoms with E-state index in [9.17, 15) is 9.90 Å². The van der Waals surface area contributed by atoms with Gasteiger partial charge in [-0.1, -0.05) is 19.4 Å². The highest BCUT2D eigenvalue weighted by atomic mass is 32.1. The lowest BCUT2D eigenvalue weighted by Crippen LogP contribution is -2.56. The first-order valence-corrected chi connectivity index (χ1v) is 19.9. The fourth-order valence-electron chi connectivity index (χ4n) is 8.58. The molecule has 1 unspecified atom stereocenters. The van der Waals surface area contributed by atoms with Gasteiger partial charge in [0.1, 0.15) is 11.4 Å². The molecule has 8 rings (SSSR count). The van der Waals surface area contributed by atoms with Gasteiger partial charge in [0.15, 0.2) is 6.23 Å². The molecule has 3 aliphatic heterocycles. The van der Waals surface area contributed by atoms with Crippen LogP contribution in [0.5, 0.6) is 5.75 Å². The summed E-state index contributed by atoms with van der Waals surface area (Å²) in [6.07, 6.45) is 9.34. The van der Waals surface area contributed by atoms with Crippen LogP contribution in [0, 0.1) is 5.41 Å². The third kappa shape index (κ3) is 8.09. The van der Waals surface area contributed by atoms with Crippen LogP contribution in [0.15, 0.2) is 65.8 Å². The second-order valence-corrected chi connectivity index (χ2v) is 16.7. The summed E-state index contributed by atoms with van der Waals surface area (Å²) in [5.41, 5.74) is 6.92. The van der Waals surface area contributed by atoms with E-state index in [0.29, 0.717) is 6.04 Å². The molecule has 11 heteroatoms. The number of nitrogens with zero attached hydrogens (tertiary/aromatic N) is 5. The van der Waals surface area contributed by atoms with Crippen LogP contribution in [0.3, 0.4) is 0 Å². The first-order chi connectivity index (χ1) is 25.3. The number of pyridine rings is 1. The molecule has 276 valence electrons. The number of hydrogen-bond acceptors (Lipinski definition) is 9. The Morgan fingerprint density at radius 3 is 2.62 bits per heavy atom. The Hall–Kier alpha value is -3.74. The number of piperazine rings is 1. The molecule has 6 heterocycles. The lowest BCUT2D eigenvalue weighted by Gasteiger charge is -2.43. The van der Waals surface area contributed by atoms with Crippen molar-refractivity contribution in [1.82, 2.24) is 24.7 Å². The van der Waals surface area contributed by atoms with Crippen molar-refractivity contribution in [3.63, 3.8) is 0 Å². The van der Waals surface area contributed by atoms with Crippen molar-refractivity contribution in [3.05, 3.63) is 81.8 Å². The molecule has 3 fully saturated rings. The van der Waals surface area contributed by atoms with Crippen LogP contribution in [0.1, 0.15) is 66.8 Å². The zero-order valence-electron chi connectivity index (χ0n) is 30.6.